The third kappa shape index (κ3) is 6.49. The van der Waals surface area contributed by atoms with Crippen LogP contribution in [0.3, 0.4) is 0 Å². The first-order valence-corrected chi connectivity index (χ1v) is 8.72. The molecule has 2 aromatic heterocycles. The fourth-order valence-corrected chi connectivity index (χ4v) is 2.59. The van der Waals surface area contributed by atoms with Crippen molar-refractivity contribution in [2.75, 3.05) is 0 Å². The number of hydrogen-bond acceptors (Lipinski definition) is 7. The van der Waals surface area contributed by atoms with Crippen molar-refractivity contribution in [1.82, 2.24) is 9.97 Å². The van der Waals surface area contributed by atoms with Gasteiger partial charge in [-0.3, -0.25) is 9.97 Å². The van der Waals surface area contributed by atoms with E-state index in [1.165, 1.54) is 0 Å². The van der Waals surface area contributed by atoms with Gasteiger partial charge in [-0.1, -0.05) is 12.1 Å². The Bertz CT molecular complexity index is 1100. The number of phenols is 1. The van der Waals surface area contributed by atoms with Gasteiger partial charge in [0.2, 0.25) is 0 Å². The third-order valence-electron chi connectivity index (χ3n) is 3.45. The Balaban J connectivity index is 0.000000186. The topological polar surface area (TPSA) is 73.7 Å². The quantitative estimate of drug-likeness (QED) is 0.199. The van der Waals surface area contributed by atoms with Crippen molar-refractivity contribution in [3.8, 4) is 11.5 Å². The van der Waals surface area contributed by atoms with Gasteiger partial charge in [-0.2, -0.15) is 0 Å². The van der Waals surface area contributed by atoms with E-state index in [1.54, 1.807) is 60.9 Å². The lowest BCUT2D eigenvalue weighted by atomic mass is 10.2. The van der Waals surface area contributed by atoms with Gasteiger partial charge < -0.3 is 9.29 Å². The molecule has 0 aliphatic heterocycles. The number of fused-ring (bicyclic) bond motifs is 2. The summed E-state index contributed by atoms with van der Waals surface area (Å²) in [5.74, 6) is 0.608. The number of alkyl halides is 3. The van der Waals surface area contributed by atoms with E-state index in [0.29, 0.717) is 5.75 Å². The Morgan fingerprint density at radius 1 is 0.828 bits per heavy atom. The van der Waals surface area contributed by atoms with Gasteiger partial charge in [0.1, 0.15) is 11.5 Å². The van der Waals surface area contributed by atoms with E-state index in [4.69, 9.17) is 9.29 Å². The van der Waals surface area contributed by atoms with Crippen LogP contribution in [-0.4, -0.2) is 21.4 Å². The summed E-state index contributed by atoms with van der Waals surface area (Å²) in [4.78, 5) is 11.3. The van der Waals surface area contributed by atoms with Gasteiger partial charge in [-0.05, 0) is 48.5 Å². The van der Waals surface area contributed by atoms with Crippen LogP contribution in [-0.2, 0) is 9.22 Å². The standard InChI is InChI=1S/C10H6F3NO3S.C9H7NO/c11-10(12,13)16-17-18-15-8-3-4-9-7(6-8)2-1-5-14-9;11-8-3-4-9-7(6-8)2-1-5-10-9/h1-6H;1-6,11H. The summed E-state index contributed by atoms with van der Waals surface area (Å²) in [6.45, 7) is 0. The van der Waals surface area contributed by atoms with Gasteiger partial charge in [-0.25, -0.2) is 0 Å². The molecule has 0 atom stereocenters. The van der Waals surface area contributed by atoms with Crippen LogP contribution in [0.2, 0.25) is 0 Å². The maximum Gasteiger partial charge on any atom is 0.550 e. The molecule has 0 aliphatic carbocycles. The molecule has 0 amide bonds. The van der Waals surface area contributed by atoms with Crippen LogP contribution < -0.4 is 4.18 Å². The number of pyridine rings is 2. The zero-order valence-corrected chi connectivity index (χ0v) is 15.4. The highest BCUT2D eigenvalue weighted by atomic mass is 32.2. The van der Waals surface area contributed by atoms with Crippen LogP contribution in [0.1, 0.15) is 0 Å². The van der Waals surface area contributed by atoms with Crippen molar-refractivity contribution in [3.63, 3.8) is 0 Å². The molecule has 0 saturated heterocycles. The molecule has 0 bridgehead atoms. The van der Waals surface area contributed by atoms with Crippen LogP contribution in [0, 0.1) is 0 Å². The van der Waals surface area contributed by atoms with E-state index in [-0.39, 0.29) is 18.1 Å². The first kappa shape index (κ1) is 20.6. The van der Waals surface area contributed by atoms with E-state index in [0.717, 1.165) is 21.8 Å². The minimum Gasteiger partial charge on any atom is -0.508 e. The second kappa shape index (κ2) is 9.41. The number of rotatable bonds is 4. The Morgan fingerprint density at radius 2 is 1.45 bits per heavy atom. The summed E-state index contributed by atoms with van der Waals surface area (Å²) >= 11 is 0.0791. The van der Waals surface area contributed by atoms with Crippen molar-refractivity contribution in [1.29, 1.82) is 0 Å². The van der Waals surface area contributed by atoms with Crippen molar-refractivity contribution < 1.29 is 31.7 Å². The highest BCUT2D eigenvalue weighted by Crippen LogP contribution is 2.25. The van der Waals surface area contributed by atoms with Gasteiger partial charge >= 0.3 is 6.36 Å². The van der Waals surface area contributed by atoms with Crippen LogP contribution >= 0.6 is 12.3 Å². The fraction of sp³-hybridized carbons (Fsp3) is 0.0526. The Hall–Kier alpha value is -3.08. The van der Waals surface area contributed by atoms with Crippen LogP contribution in [0.4, 0.5) is 13.2 Å². The summed E-state index contributed by atoms with van der Waals surface area (Å²) in [7, 11) is 0. The number of aromatic nitrogens is 2. The molecule has 6 nitrogen and oxygen atoms in total. The number of benzene rings is 2. The second-order valence-corrected chi connectivity index (χ2v) is 5.93. The Morgan fingerprint density at radius 3 is 2.10 bits per heavy atom. The molecule has 0 radical (unpaired) electrons. The Labute approximate surface area is 167 Å². The predicted molar refractivity (Wildman–Crippen MR) is 102 cm³/mol. The summed E-state index contributed by atoms with van der Waals surface area (Å²) in [6, 6.07) is 17.3. The average Bonchev–Trinajstić information content (AvgIpc) is 2.71. The Kier molecular flexibility index (Phi) is 6.70. The summed E-state index contributed by atoms with van der Waals surface area (Å²) in [6.07, 6.45) is -1.49. The fourth-order valence-electron chi connectivity index (χ4n) is 2.27. The smallest absolute Gasteiger partial charge is 0.508 e. The van der Waals surface area contributed by atoms with E-state index in [9.17, 15) is 13.2 Å². The average molecular weight is 422 g/mol. The molecule has 0 spiro atoms. The minimum atomic E-state index is -4.86. The van der Waals surface area contributed by atoms with Gasteiger partial charge in [0.25, 0.3) is 12.3 Å². The molecule has 29 heavy (non-hydrogen) atoms. The number of phenolic OH excluding ortho intramolecular Hbond substituents is 1. The first-order chi connectivity index (χ1) is 13.9. The minimum absolute atomic E-state index is 0.0791. The molecule has 4 rings (SSSR count). The summed E-state index contributed by atoms with van der Waals surface area (Å²) in [5, 5.41) is 10.9. The monoisotopic (exact) mass is 422 g/mol. The maximum atomic E-state index is 11.6. The van der Waals surface area contributed by atoms with Crippen LogP contribution in [0.5, 0.6) is 11.5 Å². The zero-order chi connectivity index (χ0) is 20.7. The maximum absolute atomic E-state index is 11.6. The van der Waals surface area contributed by atoms with Crippen molar-refractivity contribution in [2.24, 2.45) is 0 Å². The molecule has 0 aliphatic rings. The molecular weight excluding hydrogens is 409 g/mol. The summed E-state index contributed by atoms with van der Waals surface area (Å²) in [5.41, 5.74) is 1.66. The van der Waals surface area contributed by atoms with Crippen LogP contribution in [0.15, 0.2) is 73.1 Å². The number of nitrogens with zero attached hydrogens (tertiary/aromatic N) is 2. The third-order valence-corrected chi connectivity index (χ3v) is 3.83. The first-order valence-electron chi connectivity index (χ1n) is 8.05. The second-order valence-electron chi connectivity index (χ2n) is 5.49. The molecule has 1 N–H and O–H groups in total. The van der Waals surface area contributed by atoms with Crippen molar-refractivity contribution in [2.45, 2.75) is 6.36 Å². The van der Waals surface area contributed by atoms with Gasteiger partial charge in [0.05, 0.1) is 11.0 Å². The van der Waals surface area contributed by atoms with Crippen molar-refractivity contribution in [3.05, 3.63) is 73.1 Å². The number of aromatic hydroxyl groups is 1. The predicted octanol–water partition coefficient (Wildman–Crippen LogP) is 5.59. The number of hydrogen-bond donors (Lipinski definition) is 1. The van der Waals surface area contributed by atoms with E-state index < -0.39 is 6.36 Å². The SMILES string of the molecule is FC(F)(F)OOSOc1ccc2ncccc2c1.Oc1ccc2ncccc2c1. The summed E-state index contributed by atoms with van der Waals surface area (Å²) < 4.78 is 43.3. The molecule has 2 heterocycles. The van der Waals surface area contributed by atoms with Gasteiger partial charge in [0.15, 0.2) is 0 Å². The molecule has 150 valence electrons. The highest BCUT2D eigenvalue weighted by Gasteiger charge is 2.31. The number of halogens is 3. The van der Waals surface area contributed by atoms with Crippen molar-refractivity contribution >= 4 is 34.1 Å². The lowest BCUT2D eigenvalue weighted by molar-refractivity contribution is -0.441. The molecule has 2 aromatic carbocycles. The van der Waals surface area contributed by atoms with Gasteiger partial charge in [-0.15, -0.1) is 22.4 Å². The largest absolute Gasteiger partial charge is 0.550 e. The lowest BCUT2D eigenvalue weighted by Gasteiger charge is -2.05. The lowest BCUT2D eigenvalue weighted by Crippen LogP contribution is -2.11. The molecular formula is C19H13F3N2O4S. The molecule has 0 fully saturated rings. The molecule has 10 heteroatoms. The molecule has 4 aromatic rings. The van der Waals surface area contributed by atoms with Gasteiger partial charge in [0, 0.05) is 23.2 Å². The van der Waals surface area contributed by atoms with E-state index in [1.807, 2.05) is 12.1 Å². The zero-order valence-electron chi connectivity index (χ0n) is 14.5. The van der Waals surface area contributed by atoms with E-state index >= 15 is 0 Å². The normalized spacial score (nSPS) is 11.1. The van der Waals surface area contributed by atoms with E-state index in [2.05, 4.69) is 19.2 Å². The highest BCUT2D eigenvalue weighted by molar-refractivity contribution is 7.90. The van der Waals surface area contributed by atoms with Crippen LogP contribution in [0.25, 0.3) is 21.8 Å². The molecule has 0 unspecified atom stereocenters. The molecule has 0 saturated carbocycles.